The SMILES string of the molecule is CN=C(NCCSc1ccc(C)cc1)N1CCN(C(C)C(=O)N2CCCC2)CC1.I. The van der Waals surface area contributed by atoms with E-state index in [0.717, 1.165) is 70.4 Å². The summed E-state index contributed by atoms with van der Waals surface area (Å²) in [7, 11) is 1.85. The van der Waals surface area contributed by atoms with Crippen LogP contribution in [0.3, 0.4) is 0 Å². The van der Waals surface area contributed by atoms with Gasteiger partial charge in [0.25, 0.3) is 0 Å². The first-order chi connectivity index (χ1) is 14.1. The van der Waals surface area contributed by atoms with Crippen LogP contribution in [0.2, 0.25) is 0 Å². The summed E-state index contributed by atoms with van der Waals surface area (Å²) in [5, 5.41) is 3.49. The van der Waals surface area contributed by atoms with E-state index < -0.39 is 0 Å². The van der Waals surface area contributed by atoms with E-state index in [1.165, 1.54) is 10.5 Å². The van der Waals surface area contributed by atoms with Crippen molar-refractivity contribution >= 4 is 47.6 Å². The van der Waals surface area contributed by atoms with Crippen molar-refractivity contribution in [3.05, 3.63) is 29.8 Å². The molecule has 3 rings (SSSR count). The van der Waals surface area contributed by atoms with Crippen LogP contribution in [0.15, 0.2) is 34.2 Å². The second-order valence-corrected chi connectivity index (χ2v) is 9.04. The molecule has 30 heavy (non-hydrogen) atoms. The predicted octanol–water partition coefficient (Wildman–Crippen LogP) is 2.91. The number of aryl methyl sites for hydroxylation is 1. The van der Waals surface area contributed by atoms with Crippen LogP contribution in [0.4, 0.5) is 0 Å². The van der Waals surface area contributed by atoms with Crippen molar-refractivity contribution < 1.29 is 4.79 Å². The molecular weight excluding hydrogens is 509 g/mol. The molecule has 0 radical (unpaired) electrons. The van der Waals surface area contributed by atoms with E-state index in [-0.39, 0.29) is 30.0 Å². The molecule has 1 unspecified atom stereocenters. The fraction of sp³-hybridized carbons (Fsp3) is 0.636. The lowest BCUT2D eigenvalue weighted by molar-refractivity contribution is -0.135. The molecule has 6 nitrogen and oxygen atoms in total. The monoisotopic (exact) mass is 545 g/mol. The first-order valence-corrected chi connectivity index (χ1v) is 11.7. The summed E-state index contributed by atoms with van der Waals surface area (Å²) in [4.78, 5) is 25.1. The normalized spacial score (nSPS) is 18.8. The van der Waals surface area contributed by atoms with E-state index in [4.69, 9.17) is 0 Å². The molecule has 0 aliphatic carbocycles. The van der Waals surface area contributed by atoms with Crippen LogP contribution in [0, 0.1) is 6.92 Å². The van der Waals surface area contributed by atoms with Crippen LogP contribution in [-0.4, -0.2) is 91.2 Å². The zero-order valence-electron chi connectivity index (χ0n) is 18.5. The molecule has 2 aliphatic heterocycles. The third-order valence-electron chi connectivity index (χ3n) is 5.82. The number of likely N-dealkylation sites (tertiary alicyclic amines) is 1. The fourth-order valence-corrected chi connectivity index (χ4v) is 4.75. The number of nitrogens with one attached hydrogen (secondary N) is 1. The summed E-state index contributed by atoms with van der Waals surface area (Å²) in [5.41, 5.74) is 1.29. The van der Waals surface area contributed by atoms with Crippen LogP contribution >= 0.6 is 35.7 Å². The zero-order chi connectivity index (χ0) is 20.6. The highest BCUT2D eigenvalue weighted by Gasteiger charge is 2.30. The average Bonchev–Trinajstić information content (AvgIpc) is 3.29. The first-order valence-electron chi connectivity index (χ1n) is 10.8. The number of nitrogens with zero attached hydrogens (tertiary/aromatic N) is 4. The Balaban J connectivity index is 0.00000320. The minimum absolute atomic E-state index is 0. The number of carbonyl (C=O) groups excluding carboxylic acids is 1. The van der Waals surface area contributed by atoms with Gasteiger partial charge < -0.3 is 15.1 Å². The summed E-state index contributed by atoms with van der Waals surface area (Å²) in [5.74, 6) is 2.27. The lowest BCUT2D eigenvalue weighted by Crippen LogP contribution is -2.57. The number of benzene rings is 1. The summed E-state index contributed by atoms with van der Waals surface area (Å²) >= 11 is 1.86. The second-order valence-electron chi connectivity index (χ2n) is 7.87. The Bertz CT molecular complexity index is 685. The molecule has 2 saturated heterocycles. The van der Waals surface area contributed by atoms with E-state index in [0.29, 0.717) is 5.91 Å². The molecular formula is C22H36IN5OS. The Labute approximate surface area is 202 Å². The highest BCUT2D eigenvalue weighted by Crippen LogP contribution is 2.17. The number of hydrogen-bond donors (Lipinski definition) is 1. The Hall–Kier alpha value is -1.00. The maximum atomic E-state index is 12.7. The maximum Gasteiger partial charge on any atom is 0.239 e. The lowest BCUT2D eigenvalue weighted by atomic mass is 10.2. The van der Waals surface area contributed by atoms with E-state index in [1.54, 1.807) is 0 Å². The standard InChI is InChI=1S/C22H35N5OS.HI/c1-18-6-8-20(9-7-18)29-17-10-24-22(23-3)27-15-13-25(14-16-27)19(2)21(28)26-11-4-5-12-26;/h6-9,19H,4-5,10-17H2,1-3H3,(H,23,24);1H. The minimum Gasteiger partial charge on any atom is -0.355 e. The Kier molecular flexibility index (Phi) is 10.7. The number of carbonyl (C=O) groups is 1. The summed E-state index contributed by atoms with van der Waals surface area (Å²) in [6, 6.07) is 8.65. The predicted molar refractivity (Wildman–Crippen MR) is 137 cm³/mol. The number of halogens is 1. The molecule has 2 heterocycles. The van der Waals surface area contributed by atoms with Crippen molar-refractivity contribution in [1.29, 1.82) is 0 Å². The first kappa shape index (κ1) is 25.3. The molecule has 1 aromatic carbocycles. The number of amides is 1. The van der Waals surface area contributed by atoms with Crippen molar-refractivity contribution in [1.82, 2.24) is 20.0 Å². The van der Waals surface area contributed by atoms with Gasteiger partial charge in [0, 0.05) is 63.5 Å². The third kappa shape index (κ3) is 7.02. The van der Waals surface area contributed by atoms with Crippen molar-refractivity contribution in [2.24, 2.45) is 4.99 Å². The number of thioether (sulfide) groups is 1. The maximum absolute atomic E-state index is 12.7. The summed E-state index contributed by atoms with van der Waals surface area (Å²) in [6.07, 6.45) is 2.30. The molecule has 0 bridgehead atoms. The van der Waals surface area contributed by atoms with Gasteiger partial charge in [0.05, 0.1) is 6.04 Å². The van der Waals surface area contributed by atoms with Gasteiger partial charge in [-0.1, -0.05) is 17.7 Å². The largest absolute Gasteiger partial charge is 0.355 e. The molecule has 0 aromatic heterocycles. The molecule has 2 aliphatic rings. The van der Waals surface area contributed by atoms with Gasteiger partial charge in [0.1, 0.15) is 0 Å². The van der Waals surface area contributed by atoms with E-state index >= 15 is 0 Å². The Morgan fingerprint density at radius 1 is 1.07 bits per heavy atom. The van der Waals surface area contributed by atoms with Crippen LogP contribution in [-0.2, 0) is 4.79 Å². The lowest BCUT2D eigenvalue weighted by Gasteiger charge is -2.39. The second kappa shape index (κ2) is 12.8. The van der Waals surface area contributed by atoms with Gasteiger partial charge in [-0.25, -0.2) is 0 Å². The van der Waals surface area contributed by atoms with Gasteiger partial charge in [0.2, 0.25) is 5.91 Å². The Morgan fingerprint density at radius 3 is 2.30 bits per heavy atom. The molecule has 1 aromatic rings. The van der Waals surface area contributed by atoms with Crippen molar-refractivity contribution in [3.63, 3.8) is 0 Å². The van der Waals surface area contributed by atoms with Crippen LogP contribution in [0.25, 0.3) is 0 Å². The van der Waals surface area contributed by atoms with E-state index in [1.807, 2.05) is 23.7 Å². The number of guanidine groups is 1. The molecule has 8 heteroatoms. The average molecular weight is 546 g/mol. The van der Waals surface area contributed by atoms with Crippen LogP contribution in [0.5, 0.6) is 0 Å². The van der Waals surface area contributed by atoms with Crippen molar-refractivity contribution in [3.8, 4) is 0 Å². The van der Waals surface area contributed by atoms with Gasteiger partial charge in [-0.2, -0.15) is 0 Å². The number of aliphatic imine (C=N–C) groups is 1. The zero-order valence-corrected chi connectivity index (χ0v) is 21.6. The van der Waals surface area contributed by atoms with Gasteiger partial charge in [-0.15, -0.1) is 35.7 Å². The number of piperazine rings is 1. The van der Waals surface area contributed by atoms with E-state index in [2.05, 4.69) is 58.2 Å². The molecule has 1 amide bonds. The van der Waals surface area contributed by atoms with Gasteiger partial charge >= 0.3 is 0 Å². The smallest absolute Gasteiger partial charge is 0.239 e. The van der Waals surface area contributed by atoms with Gasteiger partial charge in [0.15, 0.2) is 5.96 Å². The quantitative estimate of drug-likeness (QED) is 0.196. The van der Waals surface area contributed by atoms with Crippen molar-refractivity contribution in [2.75, 3.05) is 58.6 Å². The van der Waals surface area contributed by atoms with Gasteiger partial charge in [-0.05, 0) is 38.8 Å². The molecule has 1 atom stereocenters. The number of rotatable bonds is 6. The van der Waals surface area contributed by atoms with Crippen LogP contribution < -0.4 is 5.32 Å². The molecule has 0 saturated carbocycles. The number of hydrogen-bond acceptors (Lipinski definition) is 4. The third-order valence-corrected chi connectivity index (χ3v) is 6.84. The highest BCUT2D eigenvalue weighted by molar-refractivity contribution is 14.0. The highest BCUT2D eigenvalue weighted by atomic mass is 127. The fourth-order valence-electron chi connectivity index (χ4n) is 3.98. The van der Waals surface area contributed by atoms with Crippen molar-refractivity contribution in [2.45, 2.75) is 37.6 Å². The molecule has 0 spiro atoms. The van der Waals surface area contributed by atoms with Crippen LogP contribution in [0.1, 0.15) is 25.3 Å². The summed E-state index contributed by atoms with van der Waals surface area (Å²) in [6.45, 7) is 10.5. The molecule has 168 valence electrons. The minimum atomic E-state index is -0.0175. The molecule has 2 fully saturated rings. The van der Waals surface area contributed by atoms with Gasteiger partial charge in [-0.3, -0.25) is 14.7 Å². The van der Waals surface area contributed by atoms with E-state index in [9.17, 15) is 4.79 Å². The topological polar surface area (TPSA) is 51.2 Å². The molecule has 1 N–H and O–H groups in total. The Morgan fingerprint density at radius 2 is 1.70 bits per heavy atom. The summed E-state index contributed by atoms with van der Waals surface area (Å²) < 4.78 is 0.